The zero-order valence-electron chi connectivity index (χ0n) is 27.9. The lowest BCUT2D eigenvalue weighted by Gasteiger charge is -2.43. The van der Waals surface area contributed by atoms with Crippen LogP contribution in [0.2, 0.25) is 0 Å². The maximum Gasteiger partial charge on any atom is 0.407 e. The largest absolute Gasteiger partial charge is 0.508 e. The van der Waals surface area contributed by atoms with Crippen LogP contribution in [0.15, 0.2) is 30.5 Å². The van der Waals surface area contributed by atoms with Gasteiger partial charge in [-0.05, 0) is 73.6 Å². The SMILES string of the molecule is C[C@]12C[C@H](O)CN(C1)c1nc(OCC3(CN4CCOCC4)CC3)nc3c(F)c(ncc13)-c1cc(O)cc3ccc(F)c(c13)CCCOC(=O)N2. The Balaban J connectivity index is 1.27. The zero-order chi connectivity index (χ0) is 34.6. The molecule has 6 heterocycles. The predicted octanol–water partition coefficient (Wildman–Crippen LogP) is 4.32. The predicted molar refractivity (Wildman–Crippen MR) is 180 cm³/mol. The number of phenolic OH excluding ortho intramolecular Hbond substituents is 1. The van der Waals surface area contributed by atoms with Gasteiger partial charge in [-0.2, -0.15) is 9.97 Å². The molecule has 6 bridgehead atoms. The van der Waals surface area contributed by atoms with E-state index >= 15 is 8.78 Å². The molecule has 0 unspecified atom stereocenters. The Labute approximate surface area is 287 Å². The number of ether oxygens (including phenoxy) is 3. The second-order valence-corrected chi connectivity index (χ2v) is 14.5. The minimum Gasteiger partial charge on any atom is -0.508 e. The van der Waals surface area contributed by atoms with Crippen LogP contribution in [-0.4, -0.2) is 107 Å². The first kappa shape index (κ1) is 32.8. The number of benzene rings is 2. The van der Waals surface area contributed by atoms with Crippen LogP contribution in [0.4, 0.5) is 19.4 Å². The van der Waals surface area contributed by atoms with Gasteiger partial charge in [-0.15, -0.1) is 0 Å². The van der Waals surface area contributed by atoms with E-state index in [0.29, 0.717) is 30.6 Å². The zero-order valence-corrected chi connectivity index (χ0v) is 27.9. The number of piperidine rings is 1. The average molecular weight is 691 g/mol. The number of anilines is 1. The van der Waals surface area contributed by atoms with Gasteiger partial charge in [0.2, 0.25) is 0 Å². The minimum absolute atomic E-state index is 0.00321. The van der Waals surface area contributed by atoms with Gasteiger partial charge in [0, 0.05) is 49.9 Å². The number of hydrogen-bond acceptors (Lipinski definition) is 11. The summed E-state index contributed by atoms with van der Waals surface area (Å²) in [7, 11) is 0. The van der Waals surface area contributed by atoms with Crippen LogP contribution in [0.5, 0.6) is 11.8 Å². The molecule has 14 heteroatoms. The van der Waals surface area contributed by atoms with Crippen LogP contribution in [0, 0.1) is 17.0 Å². The molecular weight excluding hydrogens is 650 g/mol. The fourth-order valence-electron chi connectivity index (χ4n) is 7.76. The number of nitrogens with one attached hydrogen (secondary N) is 1. The van der Waals surface area contributed by atoms with Gasteiger partial charge in [-0.1, -0.05) is 6.07 Å². The Kier molecular flexibility index (Phi) is 8.35. The molecule has 1 amide bonds. The lowest BCUT2D eigenvalue weighted by Crippen LogP contribution is -2.61. The smallest absolute Gasteiger partial charge is 0.407 e. The number of aryl methyl sites for hydroxylation is 1. The van der Waals surface area contributed by atoms with E-state index in [1.54, 1.807) is 11.8 Å². The van der Waals surface area contributed by atoms with Gasteiger partial charge in [0.1, 0.15) is 28.6 Å². The number of fused-ring (bicyclic) bond motifs is 6. The van der Waals surface area contributed by atoms with E-state index in [-0.39, 0.29) is 89.7 Å². The summed E-state index contributed by atoms with van der Waals surface area (Å²) < 4.78 is 49.8. The van der Waals surface area contributed by atoms with Gasteiger partial charge in [0.15, 0.2) is 5.82 Å². The maximum absolute atomic E-state index is 17.0. The number of alkyl carbamates (subject to hydrolysis) is 1. The third-order valence-corrected chi connectivity index (χ3v) is 10.3. The number of pyridine rings is 1. The van der Waals surface area contributed by atoms with Gasteiger partial charge in [0.25, 0.3) is 0 Å². The summed E-state index contributed by atoms with van der Waals surface area (Å²) in [4.78, 5) is 31.0. The van der Waals surface area contributed by atoms with Crippen molar-refractivity contribution in [2.24, 2.45) is 5.41 Å². The standard InChI is InChI=1S/C36H40F2N6O6/c1-35-15-23(46)17-44(18-35)32-26-16-39-30(25-14-22(45)13-21-4-5-27(37)24(28(21)25)3-2-10-49-34(47)42-35)29(38)31(26)40-33(41-32)50-20-36(6-7-36)19-43-8-11-48-12-9-43/h4-5,13-14,16,23,45-46H,2-3,6-12,15,17-20H2,1H3,(H,42,47)/t23-,35-/m0/s1. The van der Waals surface area contributed by atoms with Crippen molar-refractivity contribution in [2.75, 3.05) is 64.1 Å². The van der Waals surface area contributed by atoms with Crippen LogP contribution in [0.3, 0.4) is 0 Å². The normalized spacial score (nSPS) is 23.9. The highest BCUT2D eigenvalue weighted by Crippen LogP contribution is 2.47. The minimum atomic E-state index is -0.936. The quantitative estimate of drug-likeness (QED) is 0.276. The van der Waals surface area contributed by atoms with Crippen LogP contribution >= 0.6 is 0 Å². The summed E-state index contributed by atoms with van der Waals surface area (Å²) >= 11 is 0. The lowest BCUT2D eigenvalue weighted by molar-refractivity contribution is 0.0231. The number of aliphatic hydroxyl groups excluding tert-OH is 1. The summed E-state index contributed by atoms with van der Waals surface area (Å²) in [5.74, 6) is -1.14. The molecule has 0 radical (unpaired) electrons. The van der Waals surface area contributed by atoms with E-state index in [4.69, 9.17) is 19.2 Å². The van der Waals surface area contributed by atoms with Crippen molar-refractivity contribution in [3.05, 3.63) is 47.7 Å². The molecule has 2 aromatic heterocycles. The van der Waals surface area contributed by atoms with E-state index in [2.05, 4.69) is 20.2 Å². The molecule has 4 aromatic rings. The van der Waals surface area contributed by atoms with Crippen LogP contribution in [0.1, 0.15) is 38.2 Å². The van der Waals surface area contributed by atoms with Crippen molar-refractivity contribution in [2.45, 2.75) is 50.7 Å². The molecule has 0 spiro atoms. The highest BCUT2D eigenvalue weighted by atomic mass is 19.1. The summed E-state index contributed by atoms with van der Waals surface area (Å²) in [5.41, 5.74) is -0.716. The number of nitrogens with zero attached hydrogens (tertiary/aromatic N) is 5. The van der Waals surface area contributed by atoms with E-state index < -0.39 is 29.4 Å². The second-order valence-electron chi connectivity index (χ2n) is 14.5. The first-order chi connectivity index (χ1) is 24.1. The van der Waals surface area contributed by atoms with Crippen molar-refractivity contribution < 1.29 is 38.0 Å². The van der Waals surface area contributed by atoms with E-state index in [9.17, 15) is 15.0 Å². The Morgan fingerprint density at radius 2 is 1.96 bits per heavy atom. The van der Waals surface area contributed by atoms with Gasteiger partial charge in [-0.25, -0.2) is 13.6 Å². The van der Waals surface area contributed by atoms with Crippen molar-refractivity contribution in [1.82, 2.24) is 25.2 Å². The number of halogens is 2. The first-order valence-electron chi connectivity index (χ1n) is 17.2. The Morgan fingerprint density at radius 3 is 2.76 bits per heavy atom. The first-order valence-corrected chi connectivity index (χ1v) is 17.2. The molecule has 4 aliphatic heterocycles. The average Bonchev–Trinajstić information content (AvgIpc) is 3.85. The van der Waals surface area contributed by atoms with Gasteiger partial charge in [0.05, 0.1) is 43.5 Å². The van der Waals surface area contributed by atoms with Crippen LogP contribution in [-0.2, 0) is 15.9 Å². The fraction of sp³-hybridized carbons (Fsp3) is 0.500. The monoisotopic (exact) mass is 690 g/mol. The number of carbonyl (C=O) groups excluding carboxylic acids is 1. The van der Waals surface area contributed by atoms with Gasteiger partial charge >= 0.3 is 12.1 Å². The highest BCUT2D eigenvalue weighted by Gasteiger charge is 2.45. The summed E-state index contributed by atoms with van der Waals surface area (Å²) in [5, 5.41) is 25.8. The number of aliphatic hydroxyl groups is 1. The molecule has 3 N–H and O–H groups in total. The molecule has 50 heavy (non-hydrogen) atoms. The molecule has 264 valence electrons. The Morgan fingerprint density at radius 1 is 1.14 bits per heavy atom. The van der Waals surface area contributed by atoms with Gasteiger partial charge in [-0.3, -0.25) is 9.88 Å². The molecule has 9 rings (SSSR count). The summed E-state index contributed by atoms with van der Waals surface area (Å²) in [6.45, 7) is 6.45. The number of amides is 1. The Hall–Kier alpha value is -4.40. The third-order valence-electron chi connectivity index (χ3n) is 10.3. The van der Waals surface area contributed by atoms with E-state index in [1.807, 2.05) is 0 Å². The number of carbonyl (C=O) groups is 1. The maximum atomic E-state index is 17.0. The molecule has 3 fully saturated rings. The lowest BCUT2D eigenvalue weighted by atomic mass is 9.89. The van der Waals surface area contributed by atoms with Gasteiger partial charge < -0.3 is 34.6 Å². The molecule has 2 saturated heterocycles. The summed E-state index contributed by atoms with van der Waals surface area (Å²) in [6.07, 6.45) is 2.60. The summed E-state index contributed by atoms with van der Waals surface area (Å²) in [6, 6.07) is 5.66. The van der Waals surface area contributed by atoms with E-state index in [1.165, 1.54) is 30.5 Å². The van der Waals surface area contributed by atoms with Crippen molar-refractivity contribution in [3.63, 3.8) is 0 Å². The van der Waals surface area contributed by atoms with Crippen LogP contribution < -0.4 is 15.0 Å². The van der Waals surface area contributed by atoms with Crippen molar-refractivity contribution in [3.8, 4) is 23.0 Å². The molecule has 12 nitrogen and oxygen atoms in total. The topological polar surface area (TPSA) is 142 Å². The molecule has 1 saturated carbocycles. The Bertz CT molecular complexity index is 1970. The molecule has 5 aliphatic rings. The number of aromatic hydroxyl groups is 1. The number of rotatable bonds is 5. The fourth-order valence-corrected chi connectivity index (χ4v) is 7.76. The van der Waals surface area contributed by atoms with Crippen molar-refractivity contribution >= 4 is 33.6 Å². The second kappa shape index (κ2) is 12.7. The number of morpholine rings is 1. The number of aromatic nitrogens is 3. The number of phenols is 1. The molecular formula is C36H40F2N6O6. The molecule has 2 atom stereocenters. The molecule has 1 aliphatic carbocycles. The van der Waals surface area contributed by atoms with E-state index in [0.717, 1.165) is 32.5 Å². The molecule has 2 aromatic carbocycles. The number of hydrogen-bond donors (Lipinski definition) is 3. The third kappa shape index (κ3) is 6.35. The highest BCUT2D eigenvalue weighted by molar-refractivity contribution is 6.01. The van der Waals surface area contributed by atoms with Crippen molar-refractivity contribution in [1.29, 1.82) is 0 Å². The van der Waals surface area contributed by atoms with Crippen LogP contribution in [0.25, 0.3) is 32.9 Å².